The van der Waals surface area contributed by atoms with Gasteiger partial charge in [-0.05, 0) is 71.3 Å². The second kappa shape index (κ2) is 9.92. The molecule has 7 aromatic carbocycles. The Morgan fingerprint density at radius 3 is 2.15 bits per heavy atom. The SMILES string of the molecule is N#Cc1ccc2c(c1)c1ccccc1n2-c1cccc2c1oc1c(-c3ccccc3)cc(-c3cccc4sc5ccccc5c34)cc12. The first-order valence-corrected chi connectivity index (χ1v) is 16.5. The quantitative estimate of drug-likeness (QED) is 0.198. The summed E-state index contributed by atoms with van der Waals surface area (Å²) in [5.41, 5.74) is 10.0. The Hall–Kier alpha value is -6.15. The summed E-state index contributed by atoms with van der Waals surface area (Å²) in [5.74, 6) is 0. The molecule has 0 aliphatic carbocycles. The maximum Gasteiger partial charge on any atom is 0.159 e. The Kier molecular flexibility index (Phi) is 5.51. The fraction of sp³-hybridized carbons (Fsp3) is 0. The van der Waals surface area contributed by atoms with E-state index in [-0.39, 0.29) is 0 Å². The lowest BCUT2D eigenvalue weighted by atomic mass is 9.93. The van der Waals surface area contributed by atoms with Gasteiger partial charge in [-0.25, -0.2) is 0 Å². The van der Waals surface area contributed by atoms with Crippen LogP contribution >= 0.6 is 11.3 Å². The van der Waals surface area contributed by atoms with Crippen molar-refractivity contribution in [3.8, 4) is 34.0 Å². The van der Waals surface area contributed by atoms with Crippen molar-refractivity contribution in [2.75, 3.05) is 0 Å². The molecular formula is C43H24N2OS. The molecule has 0 saturated carbocycles. The number of thiophene rings is 1. The monoisotopic (exact) mass is 616 g/mol. The van der Waals surface area contributed by atoms with Crippen molar-refractivity contribution in [2.24, 2.45) is 0 Å². The number of furan rings is 1. The molecular weight excluding hydrogens is 593 g/mol. The number of hydrogen-bond acceptors (Lipinski definition) is 3. The van der Waals surface area contributed by atoms with Gasteiger partial charge in [-0.2, -0.15) is 5.26 Å². The summed E-state index contributed by atoms with van der Waals surface area (Å²) in [6.07, 6.45) is 0. The summed E-state index contributed by atoms with van der Waals surface area (Å²) in [5, 5.41) is 16.6. The predicted octanol–water partition coefficient (Wildman–Crippen LogP) is 12.3. The number of rotatable bonds is 3. The highest BCUT2D eigenvalue weighted by atomic mass is 32.1. The van der Waals surface area contributed by atoms with E-state index in [0.29, 0.717) is 5.56 Å². The molecule has 0 atom stereocenters. The van der Waals surface area contributed by atoms with Gasteiger partial charge in [0.25, 0.3) is 0 Å². The Bertz CT molecular complexity index is 2920. The number of fused-ring (bicyclic) bond motifs is 9. The molecule has 3 nitrogen and oxygen atoms in total. The van der Waals surface area contributed by atoms with Crippen LogP contribution in [0.15, 0.2) is 150 Å². The lowest BCUT2D eigenvalue weighted by Crippen LogP contribution is -1.94. The molecule has 47 heavy (non-hydrogen) atoms. The normalized spacial score (nSPS) is 11.8. The van der Waals surface area contributed by atoms with Gasteiger partial charge in [0.15, 0.2) is 5.58 Å². The summed E-state index contributed by atoms with van der Waals surface area (Å²) in [7, 11) is 0. The van der Waals surface area contributed by atoms with Crippen molar-refractivity contribution < 1.29 is 4.42 Å². The lowest BCUT2D eigenvalue weighted by molar-refractivity contribution is 0.667. The van der Waals surface area contributed by atoms with E-state index in [9.17, 15) is 5.26 Å². The van der Waals surface area contributed by atoms with Gasteiger partial charge in [0.1, 0.15) is 5.58 Å². The largest absolute Gasteiger partial charge is 0.453 e. The topological polar surface area (TPSA) is 41.9 Å². The molecule has 0 saturated heterocycles. The van der Waals surface area contributed by atoms with E-state index in [1.807, 2.05) is 23.5 Å². The first kappa shape index (κ1) is 26.1. The molecule has 3 aromatic heterocycles. The fourth-order valence-electron chi connectivity index (χ4n) is 7.37. The third kappa shape index (κ3) is 3.78. The molecule has 0 spiro atoms. The third-order valence-corrected chi connectivity index (χ3v) is 10.6. The predicted molar refractivity (Wildman–Crippen MR) is 197 cm³/mol. The molecule has 0 aliphatic heterocycles. The van der Waals surface area contributed by atoms with E-state index < -0.39 is 0 Å². The van der Waals surface area contributed by atoms with Crippen LogP contribution in [0.3, 0.4) is 0 Å². The van der Waals surface area contributed by atoms with E-state index in [0.717, 1.165) is 60.6 Å². The zero-order chi connectivity index (χ0) is 31.1. The minimum Gasteiger partial charge on any atom is -0.453 e. The average molecular weight is 617 g/mol. The molecule has 0 fully saturated rings. The lowest BCUT2D eigenvalue weighted by Gasteiger charge is -2.10. The van der Waals surface area contributed by atoms with Crippen molar-refractivity contribution in [1.82, 2.24) is 4.57 Å². The maximum atomic E-state index is 9.67. The van der Waals surface area contributed by atoms with Crippen LogP contribution in [0.2, 0.25) is 0 Å². The van der Waals surface area contributed by atoms with Gasteiger partial charge in [0.05, 0.1) is 28.4 Å². The van der Waals surface area contributed by atoms with E-state index >= 15 is 0 Å². The van der Waals surface area contributed by atoms with Gasteiger partial charge in [-0.1, -0.05) is 91.0 Å². The van der Waals surface area contributed by atoms with E-state index in [2.05, 4.69) is 144 Å². The summed E-state index contributed by atoms with van der Waals surface area (Å²) < 4.78 is 11.9. The smallest absolute Gasteiger partial charge is 0.159 e. The maximum absolute atomic E-state index is 9.67. The molecule has 4 heteroatoms. The van der Waals surface area contributed by atoms with Gasteiger partial charge in [0, 0.05) is 47.3 Å². The first-order valence-electron chi connectivity index (χ1n) is 15.7. The van der Waals surface area contributed by atoms with E-state index in [1.54, 1.807) is 0 Å². The molecule has 0 aliphatic rings. The highest BCUT2D eigenvalue weighted by Crippen LogP contribution is 2.45. The van der Waals surface area contributed by atoms with Crippen LogP contribution in [-0.4, -0.2) is 4.57 Å². The number of nitriles is 1. The van der Waals surface area contributed by atoms with Crippen molar-refractivity contribution in [3.05, 3.63) is 151 Å². The average Bonchev–Trinajstić information content (AvgIpc) is 3.81. The Balaban J connectivity index is 1.31. The molecule has 3 heterocycles. The highest BCUT2D eigenvalue weighted by molar-refractivity contribution is 7.25. The number of hydrogen-bond donors (Lipinski definition) is 0. The van der Waals surface area contributed by atoms with Crippen LogP contribution in [0, 0.1) is 11.3 Å². The van der Waals surface area contributed by atoms with Crippen molar-refractivity contribution in [1.29, 1.82) is 5.26 Å². The second-order valence-corrected chi connectivity index (χ2v) is 13.1. The minimum absolute atomic E-state index is 0.649. The molecule has 10 aromatic rings. The summed E-state index contributed by atoms with van der Waals surface area (Å²) >= 11 is 1.84. The van der Waals surface area contributed by atoms with E-state index in [1.165, 1.54) is 31.3 Å². The summed E-state index contributed by atoms with van der Waals surface area (Å²) in [6.45, 7) is 0. The van der Waals surface area contributed by atoms with Crippen LogP contribution in [0.25, 0.3) is 91.9 Å². The summed E-state index contributed by atoms with van der Waals surface area (Å²) in [6, 6.07) is 53.6. The van der Waals surface area contributed by atoms with Crippen molar-refractivity contribution >= 4 is 75.3 Å². The van der Waals surface area contributed by atoms with Gasteiger partial charge in [0.2, 0.25) is 0 Å². The number of aromatic nitrogens is 1. The molecule has 0 amide bonds. The van der Waals surface area contributed by atoms with E-state index in [4.69, 9.17) is 4.42 Å². The van der Waals surface area contributed by atoms with Gasteiger partial charge < -0.3 is 8.98 Å². The van der Waals surface area contributed by atoms with Crippen LogP contribution in [0.4, 0.5) is 0 Å². The molecule has 218 valence electrons. The van der Waals surface area contributed by atoms with Gasteiger partial charge >= 0.3 is 0 Å². The second-order valence-electron chi connectivity index (χ2n) is 12.0. The summed E-state index contributed by atoms with van der Waals surface area (Å²) in [4.78, 5) is 0. The molecule has 10 rings (SSSR count). The van der Waals surface area contributed by atoms with Crippen LogP contribution in [-0.2, 0) is 0 Å². The molecule has 0 N–H and O–H groups in total. The first-order chi connectivity index (χ1) is 23.3. The standard InChI is InChI=1S/C43H24N2OS/c44-25-26-20-21-37-34(22-26)30-12-4-6-16-36(30)45(37)38-17-8-15-31-35-24-28(23-33(42(35)46-43(31)38)27-10-2-1-3-11-27)29-14-9-19-40-41(29)32-13-5-7-18-39(32)47-40/h1-24H. The van der Waals surface area contributed by atoms with Crippen molar-refractivity contribution in [3.63, 3.8) is 0 Å². The fourth-order valence-corrected chi connectivity index (χ4v) is 8.50. The van der Waals surface area contributed by atoms with Crippen molar-refractivity contribution in [2.45, 2.75) is 0 Å². The zero-order valence-corrected chi connectivity index (χ0v) is 25.9. The minimum atomic E-state index is 0.649. The van der Waals surface area contributed by atoms with Gasteiger partial charge in [-0.3, -0.25) is 0 Å². The zero-order valence-electron chi connectivity index (χ0n) is 25.1. The Morgan fingerprint density at radius 1 is 0.511 bits per heavy atom. The van der Waals surface area contributed by atoms with Gasteiger partial charge in [-0.15, -0.1) is 11.3 Å². The molecule has 0 bridgehead atoms. The third-order valence-electron chi connectivity index (χ3n) is 9.42. The number of benzene rings is 7. The Labute approximate surface area is 273 Å². The molecule has 0 unspecified atom stereocenters. The number of para-hydroxylation sites is 2. The van der Waals surface area contributed by atoms with Crippen LogP contribution < -0.4 is 0 Å². The van der Waals surface area contributed by atoms with Crippen LogP contribution in [0.1, 0.15) is 5.56 Å². The molecule has 0 radical (unpaired) electrons. The van der Waals surface area contributed by atoms with Crippen LogP contribution in [0.5, 0.6) is 0 Å². The Morgan fingerprint density at radius 2 is 1.26 bits per heavy atom. The number of nitrogens with zero attached hydrogens (tertiary/aromatic N) is 2. The highest BCUT2D eigenvalue weighted by Gasteiger charge is 2.21.